The number of benzene rings is 1. The van der Waals surface area contributed by atoms with Crippen molar-refractivity contribution in [1.29, 1.82) is 0 Å². The first-order chi connectivity index (χ1) is 9.78. The van der Waals surface area contributed by atoms with Crippen LogP contribution in [0.5, 0.6) is 0 Å². The van der Waals surface area contributed by atoms with E-state index in [1.807, 2.05) is 24.3 Å². The molecule has 2 aromatic rings. The van der Waals surface area contributed by atoms with Gasteiger partial charge in [-0.25, -0.2) is 4.98 Å². The Morgan fingerprint density at radius 2 is 2.20 bits per heavy atom. The monoisotopic (exact) mass is 307 g/mol. The van der Waals surface area contributed by atoms with Crippen LogP contribution in [-0.2, 0) is 6.54 Å². The van der Waals surface area contributed by atoms with Crippen molar-refractivity contribution in [3.63, 3.8) is 0 Å². The highest BCUT2D eigenvalue weighted by Crippen LogP contribution is 2.30. The van der Waals surface area contributed by atoms with Crippen LogP contribution in [-0.4, -0.2) is 35.6 Å². The van der Waals surface area contributed by atoms with Gasteiger partial charge in [0.2, 0.25) is 0 Å². The lowest BCUT2D eigenvalue weighted by Crippen LogP contribution is -2.56. The number of nitrogens with zero attached hydrogens (tertiary/aromatic N) is 2. The molecule has 0 aliphatic carbocycles. The maximum atomic E-state index is 6.23. The summed E-state index contributed by atoms with van der Waals surface area (Å²) in [5, 5.41) is 7.24. The Morgan fingerprint density at radius 1 is 1.40 bits per heavy atom. The number of halogens is 1. The van der Waals surface area contributed by atoms with Crippen molar-refractivity contribution >= 4 is 22.9 Å². The predicted molar refractivity (Wildman–Crippen MR) is 85.3 cm³/mol. The van der Waals surface area contributed by atoms with Gasteiger partial charge in [-0.1, -0.05) is 36.7 Å². The van der Waals surface area contributed by atoms with Crippen LogP contribution in [0.2, 0.25) is 5.02 Å². The molecule has 0 radical (unpaired) electrons. The minimum absolute atomic E-state index is 0.658. The smallest absolute Gasteiger partial charge is 0.125 e. The topological polar surface area (TPSA) is 28.2 Å². The van der Waals surface area contributed by atoms with Crippen LogP contribution < -0.4 is 5.32 Å². The second-order valence-electron chi connectivity index (χ2n) is 5.00. The lowest BCUT2D eigenvalue weighted by molar-refractivity contribution is 0.144. The Kier molecular flexibility index (Phi) is 4.36. The molecule has 0 unspecified atom stereocenters. The molecule has 0 amide bonds. The zero-order valence-electron chi connectivity index (χ0n) is 11.5. The highest BCUT2D eigenvalue weighted by Gasteiger charge is 2.23. The second-order valence-corrected chi connectivity index (χ2v) is 6.26. The van der Waals surface area contributed by atoms with Crippen LogP contribution in [0.4, 0.5) is 0 Å². The van der Waals surface area contributed by atoms with Gasteiger partial charge < -0.3 is 5.32 Å². The maximum absolute atomic E-state index is 6.23. The zero-order valence-corrected chi connectivity index (χ0v) is 13.0. The fourth-order valence-corrected chi connectivity index (χ4v) is 3.51. The van der Waals surface area contributed by atoms with Gasteiger partial charge in [0.25, 0.3) is 0 Å². The van der Waals surface area contributed by atoms with E-state index in [2.05, 4.69) is 22.5 Å². The van der Waals surface area contributed by atoms with Gasteiger partial charge in [-0.15, -0.1) is 11.3 Å². The van der Waals surface area contributed by atoms with Gasteiger partial charge in [0.05, 0.1) is 10.7 Å². The Hall–Kier alpha value is -0.940. The van der Waals surface area contributed by atoms with Gasteiger partial charge in [0, 0.05) is 36.6 Å². The van der Waals surface area contributed by atoms with E-state index in [1.165, 1.54) is 0 Å². The number of likely N-dealkylation sites (N-methyl/N-ethyl adjacent to an activating group) is 1. The molecule has 0 saturated carbocycles. The van der Waals surface area contributed by atoms with Crippen LogP contribution in [0.1, 0.15) is 12.6 Å². The molecule has 1 aliphatic rings. The first-order valence-corrected chi connectivity index (χ1v) is 8.17. The largest absolute Gasteiger partial charge is 0.314 e. The molecule has 3 rings (SSSR count). The molecule has 106 valence electrons. The molecule has 20 heavy (non-hydrogen) atoms. The second kappa shape index (κ2) is 6.22. The molecule has 1 aromatic heterocycles. The third-order valence-corrected chi connectivity index (χ3v) is 4.96. The highest BCUT2D eigenvalue weighted by atomic mass is 35.5. The third-order valence-electron chi connectivity index (χ3n) is 3.70. The predicted octanol–water partition coefficient (Wildman–Crippen LogP) is 3.26. The molecule has 1 fully saturated rings. The Bertz CT molecular complexity index is 580. The average Bonchev–Trinajstić information content (AvgIpc) is 2.85. The van der Waals surface area contributed by atoms with E-state index in [4.69, 9.17) is 16.6 Å². The SMILES string of the molecule is CCN(Cc1csc(-c2ccccc2Cl)n1)C1CNC1. The summed E-state index contributed by atoms with van der Waals surface area (Å²) in [6.07, 6.45) is 0. The molecule has 1 aliphatic heterocycles. The van der Waals surface area contributed by atoms with Gasteiger partial charge >= 0.3 is 0 Å². The van der Waals surface area contributed by atoms with E-state index in [0.29, 0.717) is 6.04 Å². The molecule has 0 spiro atoms. The molecule has 2 heterocycles. The first-order valence-electron chi connectivity index (χ1n) is 6.92. The molecule has 0 bridgehead atoms. The average molecular weight is 308 g/mol. The summed E-state index contributed by atoms with van der Waals surface area (Å²) >= 11 is 7.90. The number of thiazole rings is 1. The van der Waals surface area contributed by atoms with Gasteiger partial charge in [-0.05, 0) is 12.6 Å². The fraction of sp³-hybridized carbons (Fsp3) is 0.400. The van der Waals surface area contributed by atoms with Crippen LogP contribution in [0.25, 0.3) is 10.6 Å². The van der Waals surface area contributed by atoms with Crippen molar-refractivity contribution < 1.29 is 0 Å². The van der Waals surface area contributed by atoms with Crippen molar-refractivity contribution in [3.8, 4) is 10.6 Å². The molecule has 5 heteroatoms. The van der Waals surface area contributed by atoms with Crippen molar-refractivity contribution in [3.05, 3.63) is 40.4 Å². The Balaban J connectivity index is 1.75. The summed E-state index contributed by atoms with van der Waals surface area (Å²) in [4.78, 5) is 7.22. The zero-order chi connectivity index (χ0) is 13.9. The summed E-state index contributed by atoms with van der Waals surface area (Å²) in [6, 6.07) is 8.54. The van der Waals surface area contributed by atoms with Crippen LogP contribution in [0, 0.1) is 0 Å². The molecular formula is C15H18ClN3S. The number of aromatic nitrogens is 1. The van der Waals surface area contributed by atoms with Crippen molar-refractivity contribution in [2.24, 2.45) is 0 Å². The van der Waals surface area contributed by atoms with E-state index < -0.39 is 0 Å². The van der Waals surface area contributed by atoms with E-state index in [0.717, 1.165) is 47.5 Å². The van der Waals surface area contributed by atoms with Crippen molar-refractivity contribution in [2.45, 2.75) is 19.5 Å². The van der Waals surface area contributed by atoms with E-state index in [1.54, 1.807) is 11.3 Å². The first kappa shape index (κ1) is 14.0. The van der Waals surface area contributed by atoms with E-state index >= 15 is 0 Å². The molecule has 3 nitrogen and oxygen atoms in total. The minimum atomic E-state index is 0.658. The highest BCUT2D eigenvalue weighted by molar-refractivity contribution is 7.13. The fourth-order valence-electron chi connectivity index (χ4n) is 2.38. The molecule has 1 aromatic carbocycles. The van der Waals surface area contributed by atoms with Crippen molar-refractivity contribution in [1.82, 2.24) is 15.2 Å². The van der Waals surface area contributed by atoms with E-state index in [-0.39, 0.29) is 0 Å². The van der Waals surface area contributed by atoms with Crippen LogP contribution in [0.3, 0.4) is 0 Å². The number of hydrogen-bond donors (Lipinski definition) is 1. The van der Waals surface area contributed by atoms with Crippen LogP contribution in [0.15, 0.2) is 29.6 Å². The molecule has 1 saturated heterocycles. The van der Waals surface area contributed by atoms with Gasteiger partial charge in [-0.2, -0.15) is 0 Å². The molecule has 0 atom stereocenters. The number of hydrogen-bond acceptors (Lipinski definition) is 4. The number of rotatable bonds is 5. The molecular weight excluding hydrogens is 290 g/mol. The third kappa shape index (κ3) is 2.88. The summed E-state index contributed by atoms with van der Waals surface area (Å²) < 4.78 is 0. The van der Waals surface area contributed by atoms with Gasteiger partial charge in [0.15, 0.2) is 0 Å². The Morgan fingerprint density at radius 3 is 2.85 bits per heavy atom. The summed E-state index contributed by atoms with van der Waals surface area (Å²) in [7, 11) is 0. The quantitative estimate of drug-likeness (QED) is 0.919. The lowest BCUT2D eigenvalue weighted by Gasteiger charge is -2.37. The van der Waals surface area contributed by atoms with Gasteiger partial charge in [0.1, 0.15) is 5.01 Å². The summed E-state index contributed by atoms with van der Waals surface area (Å²) in [6.45, 7) is 6.37. The van der Waals surface area contributed by atoms with Crippen molar-refractivity contribution in [2.75, 3.05) is 19.6 Å². The summed E-state index contributed by atoms with van der Waals surface area (Å²) in [5.74, 6) is 0. The minimum Gasteiger partial charge on any atom is -0.314 e. The van der Waals surface area contributed by atoms with Gasteiger partial charge in [-0.3, -0.25) is 4.90 Å². The molecule has 1 N–H and O–H groups in total. The van der Waals surface area contributed by atoms with Crippen LogP contribution >= 0.6 is 22.9 Å². The Labute approximate surface area is 128 Å². The normalized spacial score (nSPS) is 15.6. The van der Waals surface area contributed by atoms with E-state index in [9.17, 15) is 0 Å². The maximum Gasteiger partial charge on any atom is 0.125 e. The summed E-state index contributed by atoms with van der Waals surface area (Å²) in [5.41, 5.74) is 2.16. The lowest BCUT2D eigenvalue weighted by atomic mass is 10.1. The standard InChI is InChI=1S/C15H18ClN3S/c1-2-19(12-7-17-8-12)9-11-10-20-15(18-11)13-5-3-4-6-14(13)16/h3-6,10,12,17H,2,7-9H2,1H3. The number of nitrogens with one attached hydrogen (secondary N) is 1.